The quantitative estimate of drug-likeness (QED) is 0.557. The molecular formula is C25H37N3O2. The number of piperidine rings is 2. The summed E-state index contributed by atoms with van der Waals surface area (Å²) >= 11 is 0. The molecule has 2 fully saturated rings. The maximum absolute atomic E-state index is 5.93. The monoisotopic (exact) mass is 411 g/mol. The van der Waals surface area contributed by atoms with Crippen molar-refractivity contribution in [3.8, 4) is 17.2 Å². The first-order chi connectivity index (χ1) is 14.6. The van der Waals surface area contributed by atoms with Gasteiger partial charge in [0.05, 0.1) is 12.3 Å². The third kappa shape index (κ3) is 6.08. The molecule has 2 aromatic rings. The second kappa shape index (κ2) is 9.97. The van der Waals surface area contributed by atoms with E-state index in [0.29, 0.717) is 11.3 Å². The molecule has 2 aliphatic rings. The average Bonchev–Trinajstić information content (AvgIpc) is 3.20. The predicted molar refractivity (Wildman–Crippen MR) is 121 cm³/mol. The molecule has 0 N–H and O–H groups in total. The van der Waals surface area contributed by atoms with E-state index in [9.17, 15) is 0 Å². The molecule has 0 atom stereocenters. The van der Waals surface area contributed by atoms with Crippen LogP contribution in [0.25, 0.3) is 11.5 Å². The third-order valence-corrected chi connectivity index (χ3v) is 6.35. The number of rotatable bonds is 8. The van der Waals surface area contributed by atoms with Crippen LogP contribution in [0, 0.1) is 5.41 Å². The lowest BCUT2D eigenvalue weighted by molar-refractivity contribution is 0.110. The first-order valence-electron chi connectivity index (χ1n) is 11.7. The Kier molecular flexibility index (Phi) is 7.11. The molecule has 0 bridgehead atoms. The van der Waals surface area contributed by atoms with Gasteiger partial charge in [-0.2, -0.15) is 0 Å². The standard InChI is InChI=1S/C25H37N3O2/c1-25(2)12-6-15-28(20-25)18-22-19-30-24(26-22)21-8-10-23(11-9-21)29-17-7-16-27-13-4-3-5-14-27/h8-11,19H,3-7,12-18,20H2,1-2H3. The second-order valence-corrected chi connectivity index (χ2v) is 9.75. The van der Waals surface area contributed by atoms with Crippen LogP contribution >= 0.6 is 0 Å². The van der Waals surface area contributed by atoms with E-state index in [4.69, 9.17) is 14.1 Å². The van der Waals surface area contributed by atoms with E-state index in [1.807, 2.05) is 30.5 Å². The van der Waals surface area contributed by atoms with Crippen molar-refractivity contribution in [2.24, 2.45) is 5.41 Å². The van der Waals surface area contributed by atoms with Gasteiger partial charge < -0.3 is 14.1 Å². The maximum atomic E-state index is 5.93. The summed E-state index contributed by atoms with van der Waals surface area (Å²) < 4.78 is 11.7. The van der Waals surface area contributed by atoms with Gasteiger partial charge in [-0.15, -0.1) is 0 Å². The van der Waals surface area contributed by atoms with Crippen molar-refractivity contribution in [3.05, 3.63) is 36.2 Å². The van der Waals surface area contributed by atoms with Gasteiger partial charge in [-0.1, -0.05) is 20.3 Å². The lowest BCUT2D eigenvalue weighted by Gasteiger charge is -2.37. The molecule has 164 valence electrons. The third-order valence-electron chi connectivity index (χ3n) is 6.35. The number of hydrogen-bond acceptors (Lipinski definition) is 5. The van der Waals surface area contributed by atoms with Crippen molar-refractivity contribution in [2.45, 2.75) is 58.9 Å². The van der Waals surface area contributed by atoms with Crippen LogP contribution in [0.15, 0.2) is 34.9 Å². The molecule has 0 aliphatic carbocycles. The zero-order valence-electron chi connectivity index (χ0n) is 18.7. The minimum atomic E-state index is 0.397. The van der Waals surface area contributed by atoms with Crippen molar-refractivity contribution in [2.75, 3.05) is 39.3 Å². The Morgan fingerprint density at radius 3 is 2.53 bits per heavy atom. The zero-order valence-corrected chi connectivity index (χ0v) is 18.7. The molecule has 0 unspecified atom stereocenters. The molecule has 4 rings (SSSR count). The highest BCUT2D eigenvalue weighted by Crippen LogP contribution is 2.29. The predicted octanol–water partition coefficient (Wildman–Crippen LogP) is 5.22. The van der Waals surface area contributed by atoms with Gasteiger partial charge in [-0.3, -0.25) is 4.90 Å². The minimum absolute atomic E-state index is 0.397. The fraction of sp³-hybridized carbons (Fsp3) is 0.640. The number of aromatic nitrogens is 1. The molecule has 2 aliphatic heterocycles. The number of hydrogen-bond donors (Lipinski definition) is 0. The summed E-state index contributed by atoms with van der Waals surface area (Å²) in [4.78, 5) is 9.77. The van der Waals surface area contributed by atoms with Crippen molar-refractivity contribution >= 4 is 0 Å². The average molecular weight is 412 g/mol. The normalized spacial score (nSPS) is 20.3. The Morgan fingerprint density at radius 1 is 1.00 bits per heavy atom. The number of ether oxygens (including phenoxy) is 1. The highest BCUT2D eigenvalue weighted by molar-refractivity contribution is 5.54. The summed E-state index contributed by atoms with van der Waals surface area (Å²) in [6.07, 6.45) is 9.54. The second-order valence-electron chi connectivity index (χ2n) is 9.75. The Bertz CT molecular complexity index is 778. The molecule has 2 saturated heterocycles. The minimum Gasteiger partial charge on any atom is -0.494 e. The van der Waals surface area contributed by atoms with Gasteiger partial charge in [0.15, 0.2) is 0 Å². The fourth-order valence-electron chi connectivity index (χ4n) is 4.78. The van der Waals surface area contributed by atoms with Crippen LogP contribution in [0.2, 0.25) is 0 Å². The Balaban J connectivity index is 1.24. The molecule has 30 heavy (non-hydrogen) atoms. The van der Waals surface area contributed by atoms with Gasteiger partial charge >= 0.3 is 0 Å². The van der Waals surface area contributed by atoms with E-state index in [2.05, 4.69) is 23.6 Å². The Hall–Kier alpha value is -1.85. The molecule has 0 saturated carbocycles. The molecule has 3 heterocycles. The molecule has 5 nitrogen and oxygen atoms in total. The SMILES string of the molecule is CC1(C)CCCN(Cc2coc(-c3ccc(OCCCN4CCCCC4)cc3)n2)C1. The maximum Gasteiger partial charge on any atom is 0.226 e. The summed E-state index contributed by atoms with van der Waals surface area (Å²) in [5.74, 6) is 1.61. The summed E-state index contributed by atoms with van der Waals surface area (Å²) in [7, 11) is 0. The summed E-state index contributed by atoms with van der Waals surface area (Å²) in [5, 5.41) is 0. The summed E-state index contributed by atoms with van der Waals surface area (Å²) in [6, 6.07) is 8.12. The van der Waals surface area contributed by atoms with Gasteiger partial charge in [0.1, 0.15) is 12.0 Å². The largest absolute Gasteiger partial charge is 0.494 e. The van der Waals surface area contributed by atoms with Gasteiger partial charge in [-0.05, 0) is 81.4 Å². The van der Waals surface area contributed by atoms with Crippen molar-refractivity contribution in [3.63, 3.8) is 0 Å². The van der Waals surface area contributed by atoms with E-state index < -0.39 is 0 Å². The van der Waals surface area contributed by atoms with E-state index in [1.165, 1.54) is 45.2 Å². The number of likely N-dealkylation sites (tertiary alicyclic amines) is 2. The molecule has 0 amide bonds. The van der Waals surface area contributed by atoms with Crippen molar-refractivity contribution < 1.29 is 9.15 Å². The lowest BCUT2D eigenvalue weighted by Crippen LogP contribution is -2.39. The summed E-state index contributed by atoms with van der Waals surface area (Å²) in [6.45, 7) is 12.3. The van der Waals surface area contributed by atoms with E-state index >= 15 is 0 Å². The molecule has 0 radical (unpaired) electrons. The van der Waals surface area contributed by atoms with Gasteiger partial charge in [0.25, 0.3) is 0 Å². The summed E-state index contributed by atoms with van der Waals surface area (Å²) in [5.41, 5.74) is 2.41. The van der Waals surface area contributed by atoms with Gasteiger partial charge in [0, 0.05) is 25.2 Å². The Morgan fingerprint density at radius 2 is 1.77 bits per heavy atom. The number of benzene rings is 1. The van der Waals surface area contributed by atoms with Crippen LogP contribution in [0.4, 0.5) is 0 Å². The molecule has 1 aromatic heterocycles. The van der Waals surface area contributed by atoms with E-state index in [1.54, 1.807) is 0 Å². The first kappa shape index (κ1) is 21.4. The smallest absolute Gasteiger partial charge is 0.226 e. The molecule has 0 spiro atoms. The van der Waals surface area contributed by atoms with Crippen molar-refractivity contribution in [1.82, 2.24) is 14.8 Å². The Labute approximate surface area is 181 Å². The first-order valence-corrected chi connectivity index (χ1v) is 11.7. The van der Waals surface area contributed by atoms with E-state index in [-0.39, 0.29) is 0 Å². The van der Waals surface area contributed by atoms with Crippen LogP contribution in [0.5, 0.6) is 5.75 Å². The van der Waals surface area contributed by atoms with Crippen LogP contribution in [-0.4, -0.2) is 54.1 Å². The van der Waals surface area contributed by atoms with Crippen LogP contribution in [-0.2, 0) is 6.54 Å². The van der Waals surface area contributed by atoms with Gasteiger partial charge in [0.2, 0.25) is 5.89 Å². The van der Waals surface area contributed by atoms with Crippen LogP contribution in [0.3, 0.4) is 0 Å². The molecule has 1 aromatic carbocycles. The number of nitrogens with zero attached hydrogens (tertiary/aromatic N) is 3. The lowest BCUT2D eigenvalue weighted by atomic mass is 9.84. The zero-order chi connectivity index (χ0) is 20.8. The van der Waals surface area contributed by atoms with Gasteiger partial charge in [-0.25, -0.2) is 4.98 Å². The number of oxazole rings is 1. The highest BCUT2D eigenvalue weighted by Gasteiger charge is 2.26. The topological polar surface area (TPSA) is 41.7 Å². The molecule has 5 heteroatoms. The van der Waals surface area contributed by atoms with Crippen LogP contribution < -0.4 is 4.74 Å². The van der Waals surface area contributed by atoms with E-state index in [0.717, 1.165) is 56.2 Å². The highest BCUT2D eigenvalue weighted by atomic mass is 16.5. The van der Waals surface area contributed by atoms with Crippen molar-refractivity contribution in [1.29, 1.82) is 0 Å². The molecular weight excluding hydrogens is 374 g/mol. The fourth-order valence-corrected chi connectivity index (χ4v) is 4.78. The van der Waals surface area contributed by atoms with Crippen LogP contribution in [0.1, 0.15) is 58.1 Å².